The van der Waals surface area contributed by atoms with Crippen LogP contribution in [0.3, 0.4) is 0 Å². The van der Waals surface area contributed by atoms with Crippen LogP contribution in [0.25, 0.3) is 5.57 Å². The number of thioether (sulfide) groups is 1. The van der Waals surface area contributed by atoms with E-state index in [9.17, 15) is 9.18 Å². The number of ether oxygens (including phenoxy) is 1. The molecule has 3 heterocycles. The Kier molecular flexibility index (Phi) is 5.17. The first-order valence-corrected chi connectivity index (χ1v) is 11.1. The van der Waals surface area contributed by atoms with Crippen molar-refractivity contribution in [2.45, 2.75) is 25.0 Å². The van der Waals surface area contributed by atoms with Crippen LogP contribution in [0.4, 0.5) is 4.39 Å². The third-order valence-corrected chi connectivity index (χ3v) is 7.45. The lowest BCUT2D eigenvalue weighted by Crippen LogP contribution is -2.44. The van der Waals surface area contributed by atoms with Crippen molar-refractivity contribution >= 4 is 40.0 Å². The molecule has 1 fully saturated rings. The van der Waals surface area contributed by atoms with Gasteiger partial charge in [0.1, 0.15) is 6.67 Å². The van der Waals surface area contributed by atoms with E-state index in [0.29, 0.717) is 32.8 Å². The second-order valence-corrected chi connectivity index (χ2v) is 9.09. The molecule has 154 valence electrons. The highest BCUT2D eigenvalue weighted by Gasteiger charge is 2.43. The van der Waals surface area contributed by atoms with Crippen LogP contribution in [-0.4, -0.2) is 35.7 Å². The predicted molar refractivity (Wildman–Crippen MR) is 118 cm³/mol. The van der Waals surface area contributed by atoms with E-state index >= 15 is 0 Å². The number of allylic oxidation sites excluding steroid dienone is 1. The van der Waals surface area contributed by atoms with Gasteiger partial charge in [0.2, 0.25) is 0 Å². The van der Waals surface area contributed by atoms with E-state index in [1.807, 2.05) is 6.07 Å². The van der Waals surface area contributed by atoms with Crippen LogP contribution in [0.5, 0.6) is 0 Å². The number of rotatable bonds is 2. The van der Waals surface area contributed by atoms with Gasteiger partial charge in [-0.2, -0.15) is 4.99 Å². The van der Waals surface area contributed by atoms with Crippen molar-refractivity contribution in [3.05, 3.63) is 75.1 Å². The maximum absolute atomic E-state index is 13.8. The Morgan fingerprint density at radius 1 is 1.17 bits per heavy atom. The number of amidine groups is 1. The Morgan fingerprint density at radius 3 is 2.63 bits per heavy atom. The van der Waals surface area contributed by atoms with Crippen molar-refractivity contribution in [3.8, 4) is 0 Å². The monoisotopic (exact) mass is 442 g/mol. The Balaban J connectivity index is 1.33. The minimum Gasteiger partial charge on any atom is -0.365 e. The van der Waals surface area contributed by atoms with E-state index in [1.165, 1.54) is 22.9 Å². The summed E-state index contributed by atoms with van der Waals surface area (Å²) < 4.78 is 20.1. The molecule has 0 atom stereocenters. The number of likely N-dealkylation sites (tertiary alicyclic amines) is 1. The van der Waals surface area contributed by atoms with Crippen LogP contribution in [0.2, 0.25) is 5.02 Å². The van der Waals surface area contributed by atoms with Crippen LogP contribution >= 0.6 is 23.4 Å². The van der Waals surface area contributed by atoms with Gasteiger partial charge >= 0.3 is 0 Å². The third kappa shape index (κ3) is 3.37. The zero-order chi connectivity index (χ0) is 20.7. The van der Waals surface area contributed by atoms with Crippen molar-refractivity contribution in [2.75, 3.05) is 19.8 Å². The summed E-state index contributed by atoms with van der Waals surface area (Å²) in [6, 6.07) is 15.2. The molecule has 0 aromatic heterocycles. The molecule has 0 radical (unpaired) electrons. The highest BCUT2D eigenvalue weighted by Crippen LogP contribution is 2.45. The molecule has 1 saturated heterocycles. The number of amides is 1. The third-order valence-electron chi connectivity index (χ3n) is 6.04. The van der Waals surface area contributed by atoms with Gasteiger partial charge in [0.05, 0.1) is 17.1 Å². The molecule has 7 heteroatoms. The molecule has 1 spiro atoms. The molecule has 3 aliphatic heterocycles. The molecule has 0 aliphatic carbocycles. The lowest BCUT2D eigenvalue weighted by Gasteiger charge is -2.39. The minimum absolute atomic E-state index is 0.243. The van der Waals surface area contributed by atoms with Gasteiger partial charge in [-0.15, -0.1) is 0 Å². The molecule has 0 bridgehead atoms. The van der Waals surface area contributed by atoms with E-state index in [2.05, 4.69) is 28.1 Å². The fourth-order valence-electron chi connectivity index (χ4n) is 4.40. The van der Waals surface area contributed by atoms with Gasteiger partial charge in [0.15, 0.2) is 5.17 Å². The van der Waals surface area contributed by atoms with Crippen LogP contribution in [-0.2, 0) is 21.7 Å². The van der Waals surface area contributed by atoms with Crippen molar-refractivity contribution in [1.29, 1.82) is 0 Å². The maximum Gasteiger partial charge on any atom is 0.286 e. The fourth-order valence-corrected chi connectivity index (χ4v) is 5.58. The Hall–Kier alpha value is -2.15. The smallest absolute Gasteiger partial charge is 0.286 e. The number of fused-ring (bicyclic) bond motifs is 2. The van der Waals surface area contributed by atoms with Crippen molar-refractivity contribution in [1.82, 2.24) is 4.90 Å². The summed E-state index contributed by atoms with van der Waals surface area (Å²) in [5.41, 5.74) is 3.32. The van der Waals surface area contributed by atoms with Crippen molar-refractivity contribution < 1.29 is 13.9 Å². The minimum atomic E-state index is -0.730. The summed E-state index contributed by atoms with van der Waals surface area (Å²) in [4.78, 5) is 19.3. The highest BCUT2D eigenvalue weighted by atomic mass is 35.5. The lowest BCUT2D eigenvalue weighted by atomic mass is 9.84. The van der Waals surface area contributed by atoms with Crippen molar-refractivity contribution in [2.24, 2.45) is 4.99 Å². The number of halogens is 2. The first-order chi connectivity index (χ1) is 14.6. The first kappa shape index (κ1) is 19.8. The Bertz CT molecular complexity index is 1060. The predicted octanol–water partition coefficient (Wildman–Crippen LogP) is 5.17. The van der Waals surface area contributed by atoms with Gasteiger partial charge in [-0.1, -0.05) is 48.0 Å². The number of carbonyl (C=O) groups is 1. The van der Waals surface area contributed by atoms with Gasteiger partial charge in [-0.3, -0.25) is 4.79 Å². The molecule has 2 aromatic rings. The van der Waals surface area contributed by atoms with E-state index < -0.39 is 6.67 Å². The standard InChI is InChI=1S/C23H20ClFN2O2S/c24-17-7-5-15(6-8-17)18(13-25)20-21(28)26-22(30-20)27-11-9-23(10-12-27)19-4-2-1-3-16(19)14-29-23/h1-8H,9-14H2/b20-18-. The molecule has 0 unspecified atom stereocenters. The quantitative estimate of drug-likeness (QED) is 0.601. The molecule has 4 nitrogen and oxygen atoms in total. The number of benzene rings is 2. The average molecular weight is 443 g/mol. The largest absolute Gasteiger partial charge is 0.365 e. The molecule has 2 aromatic carbocycles. The number of aliphatic imine (C=N–C) groups is 1. The number of nitrogens with zero attached hydrogens (tertiary/aromatic N) is 2. The molecule has 0 saturated carbocycles. The summed E-state index contributed by atoms with van der Waals surface area (Å²) in [5.74, 6) is -0.375. The number of hydrogen-bond donors (Lipinski definition) is 0. The van der Waals surface area contributed by atoms with Crippen molar-refractivity contribution in [3.63, 3.8) is 0 Å². The lowest BCUT2D eigenvalue weighted by molar-refractivity contribution is -0.113. The van der Waals surface area contributed by atoms with Crippen LogP contribution in [0, 0.1) is 0 Å². The summed E-state index contributed by atoms with van der Waals surface area (Å²) in [5, 5.41) is 1.22. The summed E-state index contributed by atoms with van der Waals surface area (Å²) in [6.07, 6.45) is 1.67. The number of alkyl halides is 1. The number of carbonyl (C=O) groups excluding carboxylic acids is 1. The molecule has 5 rings (SSSR count). The van der Waals surface area contributed by atoms with Crippen LogP contribution < -0.4 is 0 Å². The average Bonchev–Trinajstić information content (AvgIpc) is 3.32. The molecule has 1 amide bonds. The summed E-state index contributed by atoms with van der Waals surface area (Å²) in [6.45, 7) is 1.41. The first-order valence-electron chi connectivity index (χ1n) is 9.93. The normalized spacial score (nSPS) is 21.7. The molecular weight excluding hydrogens is 423 g/mol. The summed E-state index contributed by atoms with van der Waals surface area (Å²) in [7, 11) is 0. The Labute approximate surface area is 183 Å². The second kappa shape index (κ2) is 7.84. The maximum atomic E-state index is 13.8. The molecule has 30 heavy (non-hydrogen) atoms. The van der Waals surface area contributed by atoms with Gasteiger partial charge < -0.3 is 9.64 Å². The van der Waals surface area contributed by atoms with Gasteiger partial charge in [-0.05, 0) is 53.4 Å². The SMILES string of the molecule is O=C1N=C(N2CCC3(CC2)OCc2ccccc23)S/C1=C(/CF)c1ccc(Cl)cc1. The van der Waals surface area contributed by atoms with Crippen LogP contribution in [0.15, 0.2) is 58.4 Å². The zero-order valence-corrected chi connectivity index (χ0v) is 17.8. The van der Waals surface area contributed by atoms with Gasteiger partial charge in [-0.25, -0.2) is 4.39 Å². The molecule has 3 aliphatic rings. The summed E-state index contributed by atoms with van der Waals surface area (Å²) >= 11 is 7.20. The van der Waals surface area contributed by atoms with E-state index in [1.54, 1.807) is 24.3 Å². The van der Waals surface area contributed by atoms with E-state index in [-0.39, 0.29) is 11.5 Å². The fraction of sp³-hybridized carbons (Fsp3) is 0.304. The Morgan fingerprint density at radius 2 is 1.90 bits per heavy atom. The topological polar surface area (TPSA) is 41.9 Å². The second-order valence-electron chi connectivity index (χ2n) is 7.68. The highest BCUT2D eigenvalue weighted by molar-refractivity contribution is 8.18. The number of hydrogen-bond acceptors (Lipinski definition) is 4. The van der Waals surface area contributed by atoms with E-state index in [0.717, 1.165) is 25.9 Å². The zero-order valence-electron chi connectivity index (χ0n) is 16.2. The van der Waals surface area contributed by atoms with Gasteiger partial charge in [0, 0.05) is 23.7 Å². The number of piperidine rings is 1. The molecular formula is C23H20ClFN2O2S. The molecule has 0 N–H and O–H groups in total. The van der Waals surface area contributed by atoms with Gasteiger partial charge in [0.25, 0.3) is 5.91 Å². The van der Waals surface area contributed by atoms with Crippen LogP contribution in [0.1, 0.15) is 29.5 Å². The van der Waals surface area contributed by atoms with E-state index in [4.69, 9.17) is 16.3 Å².